The zero-order valence-electron chi connectivity index (χ0n) is 33.4. The molecule has 4 atom stereocenters. The highest BCUT2D eigenvalue weighted by atomic mass is 19.1. The number of halogens is 1. The molecule has 314 valence electrons. The van der Waals surface area contributed by atoms with Gasteiger partial charge in [0, 0.05) is 23.4 Å². The summed E-state index contributed by atoms with van der Waals surface area (Å²) >= 11 is 0. The number of aryl methyl sites for hydroxylation is 1. The topological polar surface area (TPSA) is 216 Å². The number of amides is 5. The van der Waals surface area contributed by atoms with Gasteiger partial charge in [0.1, 0.15) is 31.3 Å². The van der Waals surface area contributed by atoms with Gasteiger partial charge < -0.3 is 40.6 Å². The molecule has 2 aliphatic heterocycles. The number of hydrogen-bond acceptors (Lipinski definition) is 10. The number of rotatable bonds is 16. The summed E-state index contributed by atoms with van der Waals surface area (Å²) in [5.74, 6) is -3.66. The highest BCUT2D eigenvalue weighted by Gasteiger charge is 2.38. The van der Waals surface area contributed by atoms with Gasteiger partial charge in [-0.3, -0.25) is 33.6 Å². The van der Waals surface area contributed by atoms with Crippen molar-refractivity contribution in [1.82, 2.24) is 36.1 Å². The highest BCUT2D eigenvalue weighted by Crippen LogP contribution is 2.45. The van der Waals surface area contributed by atoms with Crippen LogP contribution < -0.4 is 32.1 Å². The first-order chi connectivity index (χ1) is 28.9. The van der Waals surface area contributed by atoms with Gasteiger partial charge in [-0.25, -0.2) is 9.37 Å². The van der Waals surface area contributed by atoms with E-state index in [4.69, 9.17) is 14.5 Å². The standard InChI is InChI=1S/C43H46FN7O9/c1-4-24-26-14-33-39-27(18-51(33)42(57)28(26)19-59-43(24)58)38-30(12-11-25-22(3)29(44)15-31(49-39)37(25)38)50-41(56)34(5-2)60-21-47-35(53)17-46-40(55)32(48-36(54)16-45-20-52)13-23-9-7-6-8-10-23/h6-10,14-15,20,24,30,32,34H,4-5,11-13,16-19,21H2,1-3H3,(H,45,52)(H,46,55)(H,47,53)(H,48,54)(H,50,56). The molecule has 0 saturated heterocycles. The first-order valence-electron chi connectivity index (χ1n) is 20.0. The van der Waals surface area contributed by atoms with Crippen molar-refractivity contribution in [3.8, 4) is 11.4 Å². The van der Waals surface area contributed by atoms with Crippen molar-refractivity contribution < 1.29 is 42.6 Å². The average Bonchev–Trinajstić information content (AvgIpc) is 3.61. The molecule has 60 heavy (non-hydrogen) atoms. The number of benzene rings is 2. The van der Waals surface area contributed by atoms with Crippen LogP contribution >= 0.6 is 0 Å². The number of nitrogens with one attached hydrogen (secondary N) is 5. The summed E-state index contributed by atoms with van der Waals surface area (Å²) in [7, 11) is 0. The molecule has 4 unspecified atom stereocenters. The number of fused-ring (bicyclic) bond motifs is 5. The normalized spacial score (nSPS) is 17.0. The maximum atomic E-state index is 15.3. The summed E-state index contributed by atoms with van der Waals surface area (Å²) in [5.41, 5.74) is 5.65. The monoisotopic (exact) mass is 823 g/mol. The van der Waals surface area contributed by atoms with E-state index in [0.29, 0.717) is 59.3 Å². The Morgan fingerprint density at radius 2 is 1.80 bits per heavy atom. The van der Waals surface area contributed by atoms with Gasteiger partial charge in [0.25, 0.3) is 5.56 Å². The second-order valence-corrected chi connectivity index (χ2v) is 15.1. The van der Waals surface area contributed by atoms with Crippen LogP contribution in [0.5, 0.6) is 0 Å². The van der Waals surface area contributed by atoms with Gasteiger partial charge in [-0.05, 0) is 66.5 Å². The van der Waals surface area contributed by atoms with Crippen molar-refractivity contribution in [3.05, 3.63) is 97.6 Å². The third-order valence-electron chi connectivity index (χ3n) is 11.4. The van der Waals surface area contributed by atoms with Crippen molar-refractivity contribution >= 4 is 46.9 Å². The number of esters is 1. The third-order valence-corrected chi connectivity index (χ3v) is 11.4. The summed E-state index contributed by atoms with van der Waals surface area (Å²) in [6.07, 6.45) is 1.11. The van der Waals surface area contributed by atoms with Crippen molar-refractivity contribution in [2.45, 2.75) is 90.1 Å². The molecule has 1 aliphatic carbocycles. The molecule has 3 aliphatic rings. The lowest BCUT2D eigenvalue weighted by Crippen LogP contribution is -2.51. The molecule has 4 heterocycles. The van der Waals surface area contributed by atoms with Gasteiger partial charge in [-0.2, -0.15) is 0 Å². The van der Waals surface area contributed by atoms with E-state index in [2.05, 4.69) is 26.6 Å². The number of pyridine rings is 2. The number of carbonyl (C=O) groups excluding carboxylic acids is 6. The first-order valence-corrected chi connectivity index (χ1v) is 20.0. The predicted octanol–water partition coefficient (Wildman–Crippen LogP) is 1.99. The fourth-order valence-corrected chi connectivity index (χ4v) is 8.38. The Hall–Kier alpha value is -6.49. The van der Waals surface area contributed by atoms with Crippen LogP contribution in [0.1, 0.15) is 84.0 Å². The van der Waals surface area contributed by atoms with E-state index in [-0.39, 0.29) is 44.8 Å². The molecule has 5 N–H and O–H groups in total. The van der Waals surface area contributed by atoms with Crippen LogP contribution in [-0.4, -0.2) is 77.5 Å². The molecular formula is C43H46FN7O9. The Morgan fingerprint density at radius 1 is 1.02 bits per heavy atom. The van der Waals surface area contributed by atoms with Crippen LogP contribution in [0.15, 0.2) is 47.3 Å². The minimum atomic E-state index is -1.03. The molecule has 2 aromatic carbocycles. The van der Waals surface area contributed by atoms with Gasteiger partial charge >= 0.3 is 5.97 Å². The Bertz CT molecular complexity index is 2460. The smallest absolute Gasteiger partial charge is 0.313 e. The second-order valence-electron chi connectivity index (χ2n) is 15.1. The molecule has 2 aromatic heterocycles. The molecule has 4 aromatic rings. The maximum Gasteiger partial charge on any atom is 0.313 e. The fraction of sp³-hybridized carbons (Fsp3) is 0.395. The Balaban J connectivity index is 1.04. The van der Waals surface area contributed by atoms with Crippen molar-refractivity contribution in [2.24, 2.45) is 0 Å². The van der Waals surface area contributed by atoms with Gasteiger partial charge in [0.2, 0.25) is 30.0 Å². The number of hydrogen-bond donors (Lipinski definition) is 5. The predicted molar refractivity (Wildman–Crippen MR) is 215 cm³/mol. The van der Waals surface area contributed by atoms with Crippen molar-refractivity contribution in [1.29, 1.82) is 0 Å². The van der Waals surface area contributed by atoms with E-state index in [1.165, 1.54) is 6.07 Å². The third kappa shape index (κ3) is 8.21. The Morgan fingerprint density at radius 3 is 2.53 bits per heavy atom. The second kappa shape index (κ2) is 17.8. The SMILES string of the molecule is CCC(OCNC(=O)CNC(=O)C(Cc1ccccc1)NC(=O)CNC=O)C(=O)NC1CCc2c(C)c(F)cc3nc4c(c1c23)Cn1c-4cc2c(c1=O)COC(=O)C2CC. The molecule has 0 fully saturated rings. The minimum absolute atomic E-state index is 0.125. The van der Waals surface area contributed by atoms with Gasteiger partial charge in [-0.1, -0.05) is 44.2 Å². The summed E-state index contributed by atoms with van der Waals surface area (Å²) in [6, 6.07) is 10.6. The molecule has 0 saturated carbocycles. The molecular weight excluding hydrogens is 778 g/mol. The van der Waals surface area contributed by atoms with Crippen LogP contribution in [-0.2, 0) is 64.2 Å². The molecule has 16 nitrogen and oxygen atoms in total. The highest BCUT2D eigenvalue weighted by molar-refractivity contribution is 5.94. The maximum absolute atomic E-state index is 15.3. The number of aromatic nitrogens is 2. The lowest BCUT2D eigenvalue weighted by molar-refractivity contribution is -0.148. The molecule has 7 rings (SSSR count). The van der Waals surface area contributed by atoms with Crippen LogP contribution in [0.3, 0.4) is 0 Å². The van der Waals surface area contributed by atoms with E-state index in [0.717, 1.165) is 27.6 Å². The lowest BCUT2D eigenvalue weighted by atomic mass is 9.81. The number of nitrogens with zero attached hydrogens (tertiary/aromatic N) is 2. The van der Waals surface area contributed by atoms with Crippen molar-refractivity contribution in [2.75, 3.05) is 19.8 Å². The quantitative estimate of drug-likeness (QED) is 0.0554. The molecule has 0 spiro atoms. The molecule has 17 heteroatoms. The molecule has 5 amide bonds. The zero-order valence-corrected chi connectivity index (χ0v) is 33.4. The number of cyclic esters (lactones) is 1. The zero-order chi connectivity index (χ0) is 42.7. The number of carbonyl (C=O) groups is 6. The van der Waals surface area contributed by atoms with Crippen molar-refractivity contribution in [3.63, 3.8) is 0 Å². The summed E-state index contributed by atoms with van der Waals surface area (Å²) in [6.45, 7) is 4.24. The van der Waals surface area contributed by atoms with E-state index in [1.807, 2.05) is 19.1 Å². The van der Waals surface area contributed by atoms with Gasteiger partial charge in [0.15, 0.2) is 0 Å². The van der Waals surface area contributed by atoms with Crippen LogP contribution in [0.25, 0.3) is 22.3 Å². The largest absolute Gasteiger partial charge is 0.460 e. The summed E-state index contributed by atoms with van der Waals surface area (Å²) in [4.78, 5) is 94.1. The molecule has 0 radical (unpaired) electrons. The summed E-state index contributed by atoms with van der Waals surface area (Å²) in [5, 5.41) is 13.7. The van der Waals surface area contributed by atoms with Gasteiger partial charge in [0.05, 0.1) is 54.1 Å². The summed E-state index contributed by atoms with van der Waals surface area (Å²) < 4.78 is 28.1. The van der Waals surface area contributed by atoms with E-state index < -0.39 is 66.1 Å². The Kier molecular flexibility index (Phi) is 12.3. The van der Waals surface area contributed by atoms with Gasteiger partial charge in [-0.15, -0.1) is 0 Å². The van der Waals surface area contributed by atoms with Crippen LogP contribution in [0.2, 0.25) is 0 Å². The van der Waals surface area contributed by atoms with E-state index >= 15 is 4.39 Å². The van der Waals surface area contributed by atoms with Crippen LogP contribution in [0, 0.1) is 12.7 Å². The first kappa shape index (κ1) is 41.7. The Labute approximate surface area is 344 Å². The van der Waals surface area contributed by atoms with Crippen LogP contribution in [0.4, 0.5) is 4.39 Å². The van der Waals surface area contributed by atoms with E-state index in [9.17, 15) is 33.6 Å². The minimum Gasteiger partial charge on any atom is -0.460 e. The molecule has 0 bridgehead atoms. The average molecular weight is 824 g/mol. The van der Waals surface area contributed by atoms with E-state index in [1.54, 1.807) is 42.7 Å². The number of ether oxygens (including phenoxy) is 2. The fourth-order valence-electron chi connectivity index (χ4n) is 8.38. The lowest BCUT2D eigenvalue weighted by Gasteiger charge is -2.30.